The van der Waals surface area contributed by atoms with Crippen LogP contribution in [-0.2, 0) is 12.8 Å². The first-order valence-electron chi connectivity index (χ1n) is 7.01. The zero-order valence-electron chi connectivity index (χ0n) is 12.0. The average Bonchev–Trinajstić information content (AvgIpc) is 2.46. The molecule has 0 spiro atoms. The minimum absolute atomic E-state index is 0.824. The van der Waals surface area contributed by atoms with Gasteiger partial charge in [0.05, 0.1) is 0 Å². The third kappa shape index (κ3) is 4.59. The van der Waals surface area contributed by atoms with E-state index in [0.29, 0.717) is 0 Å². The van der Waals surface area contributed by atoms with Crippen LogP contribution in [-0.4, -0.2) is 25.0 Å². The first-order chi connectivity index (χ1) is 9.63. The van der Waals surface area contributed by atoms with Gasteiger partial charge in [0.15, 0.2) is 0 Å². The molecule has 0 saturated carbocycles. The zero-order chi connectivity index (χ0) is 14.4. The number of nitrogen functional groups attached to an aromatic ring is 2. The molecule has 0 aliphatic rings. The molecule has 0 aliphatic heterocycles. The van der Waals surface area contributed by atoms with Gasteiger partial charge in [0.2, 0.25) is 0 Å². The summed E-state index contributed by atoms with van der Waals surface area (Å²) in [6.07, 6.45) is 2.11. The van der Waals surface area contributed by atoms with Crippen LogP contribution < -0.4 is 11.5 Å². The van der Waals surface area contributed by atoms with Gasteiger partial charge in [0.25, 0.3) is 0 Å². The van der Waals surface area contributed by atoms with E-state index >= 15 is 0 Å². The number of hydrogen-bond donors (Lipinski definition) is 2. The zero-order valence-corrected chi connectivity index (χ0v) is 12.0. The largest absolute Gasteiger partial charge is 0.399 e. The summed E-state index contributed by atoms with van der Waals surface area (Å²) in [5, 5.41) is 0. The number of nitrogens with two attached hydrogens (primary N) is 2. The highest BCUT2D eigenvalue weighted by molar-refractivity contribution is 5.40. The number of benzene rings is 2. The highest BCUT2D eigenvalue weighted by Gasteiger charge is 2.01. The minimum atomic E-state index is 0.824. The van der Waals surface area contributed by atoms with Crippen LogP contribution in [0.3, 0.4) is 0 Å². The number of hydrogen-bond acceptors (Lipinski definition) is 3. The first-order valence-corrected chi connectivity index (χ1v) is 7.01. The second kappa shape index (κ2) is 6.96. The van der Waals surface area contributed by atoms with Gasteiger partial charge >= 0.3 is 0 Å². The molecule has 0 radical (unpaired) electrons. The van der Waals surface area contributed by atoms with Crippen molar-refractivity contribution >= 4 is 11.4 Å². The lowest BCUT2D eigenvalue weighted by atomic mass is 10.1. The molecule has 3 nitrogen and oxygen atoms in total. The van der Waals surface area contributed by atoms with Gasteiger partial charge in [-0.2, -0.15) is 0 Å². The molecule has 0 heterocycles. The molecule has 0 aliphatic carbocycles. The molecule has 0 atom stereocenters. The third-order valence-electron chi connectivity index (χ3n) is 3.52. The second-order valence-electron chi connectivity index (χ2n) is 5.29. The number of anilines is 2. The Morgan fingerprint density at radius 1 is 0.700 bits per heavy atom. The van der Waals surface area contributed by atoms with E-state index in [-0.39, 0.29) is 0 Å². The molecule has 0 aromatic heterocycles. The molecule has 2 aromatic carbocycles. The molecule has 20 heavy (non-hydrogen) atoms. The molecule has 0 unspecified atom stereocenters. The summed E-state index contributed by atoms with van der Waals surface area (Å²) in [6.45, 7) is 2.11. The minimum Gasteiger partial charge on any atom is -0.399 e. The molecule has 2 rings (SSSR count). The molecule has 106 valence electrons. The molecule has 0 fully saturated rings. The maximum Gasteiger partial charge on any atom is 0.0314 e. The van der Waals surface area contributed by atoms with E-state index in [2.05, 4.69) is 36.2 Å². The Morgan fingerprint density at radius 2 is 1.05 bits per heavy atom. The molecule has 2 aromatic rings. The highest BCUT2D eigenvalue weighted by Crippen LogP contribution is 2.08. The highest BCUT2D eigenvalue weighted by atomic mass is 15.1. The second-order valence-corrected chi connectivity index (χ2v) is 5.29. The van der Waals surface area contributed by atoms with Crippen molar-refractivity contribution in [3.05, 3.63) is 59.7 Å². The maximum absolute atomic E-state index is 5.69. The monoisotopic (exact) mass is 269 g/mol. The Labute approximate surface area is 121 Å². The average molecular weight is 269 g/mol. The fourth-order valence-corrected chi connectivity index (χ4v) is 2.12. The van der Waals surface area contributed by atoms with Gasteiger partial charge in [-0.05, 0) is 55.3 Å². The standard InChI is InChI=1S/C17H23N3/c1-20(12-10-14-2-6-16(18)7-3-14)13-11-15-4-8-17(19)9-5-15/h2-9H,10-13,18-19H2,1H3. The SMILES string of the molecule is CN(CCc1ccc(N)cc1)CCc1ccc(N)cc1. The fraction of sp³-hybridized carbons (Fsp3) is 0.294. The van der Waals surface area contributed by atoms with Crippen molar-refractivity contribution in [2.75, 3.05) is 31.6 Å². The van der Waals surface area contributed by atoms with Gasteiger partial charge in [0.1, 0.15) is 0 Å². The van der Waals surface area contributed by atoms with Crippen molar-refractivity contribution in [1.29, 1.82) is 0 Å². The molecular formula is C17H23N3. The molecule has 0 bridgehead atoms. The quantitative estimate of drug-likeness (QED) is 0.792. The maximum atomic E-state index is 5.69. The van der Waals surface area contributed by atoms with Crippen LogP contribution in [0.5, 0.6) is 0 Å². The van der Waals surface area contributed by atoms with E-state index in [4.69, 9.17) is 11.5 Å². The normalized spacial score (nSPS) is 10.9. The molecule has 0 saturated heterocycles. The summed E-state index contributed by atoms with van der Waals surface area (Å²) in [5.41, 5.74) is 15.7. The predicted molar refractivity (Wildman–Crippen MR) is 86.6 cm³/mol. The summed E-state index contributed by atoms with van der Waals surface area (Å²) >= 11 is 0. The summed E-state index contributed by atoms with van der Waals surface area (Å²) in [4.78, 5) is 2.35. The molecule has 3 heteroatoms. The predicted octanol–water partition coefficient (Wildman–Crippen LogP) is 2.57. The van der Waals surface area contributed by atoms with Gasteiger partial charge in [-0.25, -0.2) is 0 Å². The van der Waals surface area contributed by atoms with Gasteiger partial charge in [-0.3, -0.25) is 0 Å². The Balaban J connectivity index is 1.73. The summed E-state index contributed by atoms with van der Waals surface area (Å²) < 4.78 is 0. The van der Waals surface area contributed by atoms with Crippen LogP contribution in [0.1, 0.15) is 11.1 Å². The van der Waals surface area contributed by atoms with Crippen LogP contribution in [0.15, 0.2) is 48.5 Å². The van der Waals surface area contributed by atoms with Crippen molar-refractivity contribution < 1.29 is 0 Å². The van der Waals surface area contributed by atoms with Gasteiger partial charge < -0.3 is 16.4 Å². The smallest absolute Gasteiger partial charge is 0.0314 e. The summed E-state index contributed by atoms with van der Waals surface area (Å²) in [6, 6.07) is 16.2. The Hall–Kier alpha value is -2.00. The Kier molecular flexibility index (Phi) is 5.02. The van der Waals surface area contributed by atoms with E-state index < -0.39 is 0 Å². The molecule has 4 N–H and O–H groups in total. The molecular weight excluding hydrogens is 246 g/mol. The van der Waals surface area contributed by atoms with Crippen molar-refractivity contribution in [1.82, 2.24) is 4.90 Å². The van der Waals surface area contributed by atoms with E-state index in [0.717, 1.165) is 37.3 Å². The fourth-order valence-electron chi connectivity index (χ4n) is 2.12. The third-order valence-corrected chi connectivity index (χ3v) is 3.52. The lowest BCUT2D eigenvalue weighted by Crippen LogP contribution is -2.23. The van der Waals surface area contributed by atoms with Crippen molar-refractivity contribution in [2.45, 2.75) is 12.8 Å². The summed E-state index contributed by atoms with van der Waals surface area (Å²) in [5.74, 6) is 0. The number of nitrogens with zero attached hydrogens (tertiary/aromatic N) is 1. The van der Waals surface area contributed by atoms with Crippen LogP contribution in [0.2, 0.25) is 0 Å². The van der Waals surface area contributed by atoms with Crippen LogP contribution >= 0.6 is 0 Å². The van der Waals surface area contributed by atoms with Crippen molar-refractivity contribution in [2.24, 2.45) is 0 Å². The lowest BCUT2D eigenvalue weighted by molar-refractivity contribution is 0.343. The van der Waals surface area contributed by atoms with E-state index in [1.807, 2.05) is 24.3 Å². The molecule has 0 amide bonds. The van der Waals surface area contributed by atoms with Gasteiger partial charge in [0, 0.05) is 24.5 Å². The summed E-state index contributed by atoms with van der Waals surface area (Å²) in [7, 11) is 2.16. The van der Waals surface area contributed by atoms with Crippen LogP contribution in [0.25, 0.3) is 0 Å². The lowest BCUT2D eigenvalue weighted by Gasteiger charge is -2.16. The number of likely N-dealkylation sites (N-methyl/N-ethyl adjacent to an activating group) is 1. The van der Waals surface area contributed by atoms with Crippen molar-refractivity contribution in [3.8, 4) is 0 Å². The number of rotatable bonds is 6. The van der Waals surface area contributed by atoms with E-state index in [1.54, 1.807) is 0 Å². The van der Waals surface area contributed by atoms with Gasteiger partial charge in [-0.1, -0.05) is 24.3 Å². The Morgan fingerprint density at radius 3 is 1.40 bits per heavy atom. The van der Waals surface area contributed by atoms with E-state index in [1.165, 1.54) is 11.1 Å². The van der Waals surface area contributed by atoms with Crippen LogP contribution in [0.4, 0.5) is 11.4 Å². The first kappa shape index (κ1) is 14.4. The van der Waals surface area contributed by atoms with Crippen LogP contribution in [0, 0.1) is 0 Å². The topological polar surface area (TPSA) is 55.3 Å². The van der Waals surface area contributed by atoms with Gasteiger partial charge in [-0.15, -0.1) is 0 Å². The van der Waals surface area contributed by atoms with E-state index in [9.17, 15) is 0 Å². The van der Waals surface area contributed by atoms with Crippen molar-refractivity contribution in [3.63, 3.8) is 0 Å². The Bertz CT molecular complexity index is 467.